The van der Waals surface area contributed by atoms with Crippen molar-refractivity contribution in [3.05, 3.63) is 0 Å². The molecule has 1 atom stereocenters. The van der Waals surface area contributed by atoms with Crippen molar-refractivity contribution in [2.24, 2.45) is 0 Å². The number of rotatable bonds is 3. The quantitative estimate of drug-likeness (QED) is 0.860. The monoisotopic (exact) mass is 275 g/mol. The Balaban J connectivity index is 2.73. The molecule has 1 heterocycles. The predicted octanol–water partition coefficient (Wildman–Crippen LogP) is 2.50. The minimum absolute atomic E-state index is 0.0249. The van der Waals surface area contributed by atoms with Gasteiger partial charge in [0.25, 0.3) is 0 Å². The maximum Gasteiger partial charge on any atom is 0.410 e. The number of carbonyl (C=O) groups is 1. The molecule has 1 amide bonds. The molecule has 1 N–H and O–H groups in total. The van der Waals surface area contributed by atoms with Crippen LogP contribution in [0.5, 0.6) is 0 Å². The van der Waals surface area contributed by atoms with Gasteiger partial charge in [-0.3, -0.25) is 0 Å². The Morgan fingerprint density at radius 3 is 2.44 bits per heavy atom. The average molecular weight is 275 g/mol. The summed E-state index contributed by atoms with van der Waals surface area (Å²) in [4.78, 5) is 14.0. The molecule has 1 fully saturated rings. The number of thioether (sulfide) groups is 1. The van der Waals surface area contributed by atoms with Gasteiger partial charge in [0.2, 0.25) is 0 Å². The molecule has 0 aromatic rings. The molecule has 0 saturated carbocycles. The van der Waals surface area contributed by atoms with E-state index >= 15 is 0 Å². The van der Waals surface area contributed by atoms with Gasteiger partial charge in [-0.15, -0.1) is 0 Å². The van der Waals surface area contributed by atoms with Crippen LogP contribution in [0.1, 0.15) is 40.5 Å². The van der Waals surface area contributed by atoms with Gasteiger partial charge < -0.3 is 14.7 Å². The molecule has 4 nitrogen and oxygen atoms in total. The van der Waals surface area contributed by atoms with Crippen LogP contribution >= 0.6 is 11.8 Å². The van der Waals surface area contributed by atoms with Crippen molar-refractivity contribution in [3.8, 4) is 0 Å². The van der Waals surface area contributed by atoms with Crippen LogP contribution in [-0.4, -0.2) is 51.9 Å². The molecule has 1 rings (SSSR count). The second kappa shape index (κ2) is 6.66. The molecule has 1 saturated heterocycles. The van der Waals surface area contributed by atoms with Gasteiger partial charge in [-0.05, 0) is 52.0 Å². The summed E-state index contributed by atoms with van der Waals surface area (Å²) >= 11 is 1.92. The Bertz CT molecular complexity index is 272. The van der Waals surface area contributed by atoms with E-state index in [0.29, 0.717) is 0 Å². The normalized spacial score (nSPS) is 19.4. The second-order valence-corrected chi connectivity index (χ2v) is 6.99. The lowest BCUT2D eigenvalue weighted by molar-refractivity contribution is -0.00150. The summed E-state index contributed by atoms with van der Waals surface area (Å²) in [6, 6.07) is 0.0104. The van der Waals surface area contributed by atoms with Crippen LogP contribution < -0.4 is 0 Å². The Morgan fingerprint density at radius 1 is 1.44 bits per heavy atom. The summed E-state index contributed by atoms with van der Waals surface area (Å²) in [6.07, 6.45) is 1.66. The van der Waals surface area contributed by atoms with Crippen LogP contribution in [0.3, 0.4) is 0 Å². The fourth-order valence-electron chi connectivity index (χ4n) is 2.05. The molecular weight excluding hydrogens is 250 g/mol. The number of aliphatic hydroxyl groups is 1. The molecule has 0 radical (unpaired) electrons. The number of ether oxygens (including phenoxy) is 1. The highest BCUT2D eigenvalue weighted by molar-refractivity contribution is 7.99. The van der Waals surface area contributed by atoms with Crippen molar-refractivity contribution in [1.29, 1.82) is 0 Å². The number of aliphatic hydroxyl groups excluding tert-OH is 1. The topological polar surface area (TPSA) is 49.8 Å². The number of hydrogen-bond acceptors (Lipinski definition) is 4. The lowest BCUT2D eigenvalue weighted by Crippen LogP contribution is -2.50. The maximum atomic E-state index is 12.2. The third-order valence-corrected chi connectivity index (χ3v) is 3.98. The zero-order valence-electron chi connectivity index (χ0n) is 11.8. The summed E-state index contributed by atoms with van der Waals surface area (Å²) in [5.74, 6) is 2.14. The van der Waals surface area contributed by atoms with Crippen LogP contribution in [0, 0.1) is 0 Å². The number of nitrogens with zero attached hydrogens (tertiary/aromatic N) is 1. The fraction of sp³-hybridized carbons (Fsp3) is 0.923. The first-order chi connectivity index (χ1) is 8.35. The van der Waals surface area contributed by atoms with Gasteiger partial charge in [0.15, 0.2) is 0 Å². The molecule has 0 aliphatic carbocycles. The van der Waals surface area contributed by atoms with E-state index in [0.717, 1.165) is 24.3 Å². The van der Waals surface area contributed by atoms with E-state index in [1.165, 1.54) is 0 Å². The van der Waals surface area contributed by atoms with E-state index in [4.69, 9.17) is 4.74 Å². The largest absolute Gasteiger partial charge is 0.444 e. The van der Waals surface area contributed by atoms with Crippen molar-refractivity contribution in [3.63, 3.8) is 0 Å². The van der Waals surface area contributed by atoms with Gasteiger partial charge in [0.1, 0.15) is 5.60 Å². The van der Waals surface area contributed by atoms with Gasteiger partial charge in [0, 0.05) is 6.04 Å². The molecule has 1 unspecified atom stereocenters. The third kappa shape index (κ3) is 4.69. The number of amides is 1. The maximum absolute atomic E-state index is 12.2. The Morgan fingerprint density at radius 2 is 2.00 bits per heavy atom. The number of carbonyl (C=O) groups excluding carboxylic acids is 1. The molecule has 0 spiro atoms. The van der Waals surface area contributed by atoms with Gasteiger partial charge in [0.05, 0.1) is 12.6 Å². The first-order valence-corrected chi connectivity index (χ1v) is 7.70. The van der Waals surface area contributed by atoms with Crippen molar-refractivity contribution in [2.45, 2.75) is 58.2 Å². The summed E-state index contributed by atoms with van der Waals surface area (Å²) in [5.41, 5.74) is -0.492. The smallest absolute Gasteiger partial charge is 0.410 e. The Labute approximate surface area is 114 Å². The van der Waals surface area contributed by atoms with Crippen molar-refractivity contribution in [1.82, 2.24) is 4.90 Å². The highest BCUT2D eigenvalue weighted by atomic mass is 32.2. The zero-order valence-corrected chi connectivity index (χ0v) is 12.6. The lowest BCUT2D eigenvalue weighted by Gasteiger charge is -2.38. The average Bonchev–Trinajstić information content (AvgIpc) is 2.28. The van der Waals surface area contributed by atoms with Gasteiger partial charge in [-0.25, -0.2) is 4.79 Å². The molecule has 5 heteroatoms. The fourth-order valence-corrected chi connectivity index (χ4v) is 3.14. The predicted molar refractivity (Wildman–Crippen MR) is 75.0 cm³/mol. The molecule has 106 valence electrons. The molecular formula is C13H25NO3S. The minimum Gasteiger partial charge on any atom is -0.444 e. The molecule has 1 aliphatic heterocycles. The molecule has 0 bridgehead atoms. The minimum atomic E-state index is -0.492. The van der Waals surface area contributed by atoms with Crippen LogP contribution in [0.2, 0.25) is 0 Å². The molecule has 1 aliphatic rings. The SMILES string of the molecule is CC(CO)N(C(=O)OC(C)(C)C)C1CCSCC1. The van der Waals surface area contributed by atoms with Crippen molar-refractivity contribution < 1.29 is 14.6 Å². The van der Waals surface area contributed by atoms with Crippen LogP contribution in [0.15, 0.2) is 0 Å². The highest BCUT2D eigenvalue weighted by Crippen LogP contribution is 2.25. The van der Waals surface area contributed by atoms with Crippen LogP contribution in [0.4, 0.5) is 4.79 Å². The second-order valence-electron chi connectivity index (χ2n) is 5.76. The lowest BCUT2D eigenvalue weighted by atomic mass is 10.1. The van der Waals surface area contributed by atoms with Gasteiger partial charge in [-0.1, -0.05) is 0 Å². The molecule has 0 aromatic heterocycles. The zero-order chi connectivity index (χ0) is 13.8. The molecule has 0 aromatic carbocycles. The highest BCUT2D eigenvalue weighted by Gasteiger charge is 2.32. The van der Waals surface area contributed by atoms with Gasteiger partial charge in [-0.2, -0.15) is 11.8 Å². The van der Waals surface area contributed by atoms with E-state index in [2.05, 4.69) is 0 Å². The number of hydrogen-bond donors (Lipinski definition) is 1. The van der Waals surface area contributed by atoms with E-state index in [-0.39, 0.29) is 24.8 Å². The summed E-state index contributed by atoms with van der Waals surface area (Å²) < 4.78 is 5.45. The summed E-state index contributed by atoms with van der Waals surface area (Å²) in [5, 5.41) is 9.33. The van der Waals surface area contributed by atoms with E-state index < -0.39 is 5.60 Å². The first kappa shape index (κ1) is 15.6. The third-order valence-electron chi connectivity index (χ3n) is 2.93. The first-order valence-electron chi connectivity index (χ1n) is 6.55. The van der Waals surface area contributed by atoms with E-state index in [9.17, 15) is 9.90 Å². The van der Waals surface area contributed by atoms with Crippen LogP contribution in [0.25, 0.3) is 0 Å². The molecule has 18 heavy (non-hydrogen) atoms. The standard InChI is InChI=1S/C13H25NO3S/c1-10(9-15)14(11-5-7-18-8-6-11)12(16)17-13(2,3)4/h10-11,15H,5-9H2,1-4H3. The van der Waals surface area contributed by atoms with Gasteiger partial charge >= 0.3 is 6.09 Å². The Kier molecular flexibility index (Phi) is 5.79. The van der Waals surface area contributed by atoms with Crippen molar-refractivity contribution in [2.75, 3.05) is 18.1 Å². The summed E-state index contributed by atoms with van der Waals surface area (Å²) in [7, 11) is 0. The Hall–Kier alpha value is -0.420. The van der Waals surface area contributed by atoms with Crippen molar-refractivity contribution >= 4 is 17.9 Å². The van der Waals surface area contributed by atoms with E-state index in [1.54, 1.807) is 4.90 Å². The van der Waals surface area contributed by atoms with Crippen LogP contribution in [-0.2, 0) is 4.74 Å². The summed E-state index contributed by atoms with van der Waals surface area (Å²) in [6.45, 7) is 7.44. The van der Waals surface area contributed by atoms with E-state index in [1.807, 2.05) is 39.5 Å².